The van der Waals surface area contributed by atoms with Crippen LogP contribution in [0.4, 0.5) is 0 Å². The molecule has 0 spiro atoms. The fourth-order valence-corrected chi connectivity index (χ4v) is 9.19. The number of rotatable bonds is 10. The molecule has 0 N–H and O–H groups in total. The average Bonchev–Trinajstić information content (AvgIpc) is 3.04. The molecular formula is C35H35O12S2+. The molecule has 4 unspecified atom stereocenters. The van der Waals surface area contributed by atoms with Crippen molar-refractivity contribution in [2.45, 2.75) is 96.4 Å². The molecule has 0 amide bonds. The van der Waals surface area contributed by atoms with E-state index in [1.54, 1.807) is 17.8 Å². The van der Waals surface area contributed by atoms with Crippen LogP contribution in [-0.2, 0) is 69.9 Å². The molecule has 2 aliphatic rings. The molecule has 1 fully saturated rings. The van der Waals surface area contributed by atoms with Crippen molar-refractivity contribution in [1.29, 1.82) is 0 Å². The third-order valence-corrected chi connectivity index (χ3v) is 11.0. The Morgan fingerprint density at radius 3 is 1.80 bits per heavy atom. The van der Waals surface area contributed by atoms with Gasteiger partial charge in [0.1, 0.15) is 36.0 Å². The van der Waals surface area contributed by atoms with Gasteiger partial charge in [-0.25, -0.2) is 0 Å². The van der Waals surface area contributed by atoms with Crippen LogP contribution in [0.5, 0.6) is 5.75 Å². The predicted octanol–water partition coefficient (Wildman–Crippen LogP) is 4.77. The minimum Gasteiger partial charge on any atom is -0.463 e. The topological polar surface area (TPSA) is 150 Å². The summed E-state index contributed by atoms with van der Waals surface area (Å²) in [5.41, 5.74) is 0.473. The van der Waals surface area contributed by atoms with Crippen LogP contribution < -0.4 is 4.74 Å². The third kappa shape index (κ3) is 8.74. The van der Waals surface area contributed by atoms with Gasteiger partial charge in [-0.05, 0) is 36.4 Å². The van der Waals surface area contributed by atoms with Gasteiger partial charge in [-0.2, -0.15) is 0 Å². The molecule has 0 bridgehead atoms. The van der Waals surface area contributed by atoms with E-state index in [9.17, 15) is 24.0 Å². The lowest BCUT2D eigenvalue weighted by atomic mass is 9.98. The van der Waals surface area contributed by atoms with Gasteiger partial charge in [0, 0.05) is 46.2 Å². The summed E-state index contributed by atoms with van der Waals surface area (Å²) in [6.45, 7) is 5.33. The monoisotopic (exact) mass is 711 g/mol. The highest BCUT2D eigenvalue weighted by Crippen LogP contribution is 2.48. The Morgan fingerprint density at radius 2 is 1.22 bits per heavy atom. The van der Waals surface area contributed by atoms with Gasteiger partial charge in [0.15, 0.2) is 26.9 Å². The molecule has 258 valence electrons. The van der Waals surface area contributed by atoms with Gasteiger partial charge in [-0.3, -0.25) is 24.0 Å². The Hall–Kier alpha value is -4.53. The molecule has 0 aromatic heterocycles. The van der Waals surface area contributed by atoms with E-state index < -0.39 is 78.1 Å². The van der Waals surface area contributed by atoms with Gasteiger partial charge >= 0.3 is 29.8 Å². The molecule has 49 heavy (non-hydrogen) atoms. The molecule has 1 saturated heterocycles. The van der Waals surface area contributed by atoms with E-state index in [4.69, 9.17) is 33.2 Å². The molecule has 12 nitrogen and oxygen atoms in total. The minimum atomic E-state index is -1.46. The first-order valence-electron chi connectivity index (χ1n) is 15.2. The molecule has 3 aromatic carbocycles. The van der Waals surface area contributed by atoms with Crippen molar-refractivity contribution in [2.75, 3.05) is 6.61 Å². The van der Waals surface area contributed by atoms with E-state index in [2.05, 4.69) is 24.3 Å². The van der Waals surface area contributed by atoms with Crippen LogP contribution in [0.1, 0.15) is 40.2 Å². The van der Waals surface area contributed by atoms with Crippen molar-refractivity contribution in [3.05, 3.63) is 72.3 Å². The Morgan fingerprint density at radius 1 is 0.673 bits per heavy atom. The van der Waals surface area contributed by atoms with E-state index in [0.717, 1.165) is 45.2 Å². The molecular weight excluding hydrogens is 677 g/mol. The highest BCUT2D eigenvalue weighted by Gasteiger charge is 2.53. The SMILES string of the molecule is CC(=O)OCc1cc([S+]2c3ccccc3Sc3ccccc32)ccc1OC1OC(COC(C)=O)C(OC(C)=O)C(OC(C)=O)[C@H]1OC(C)=O. The third-order valence-electron chi connectivity index (χ3n) is 7.25. The molecule has 2 heterocycles. The number of hydrogen-bond donors (Lipinski definition) is 0. The summed E-state index contributed by atoms with van der Waals surface area (Å²) in [5.74, 6) is -3.22. The lowest BCUT2D eigenvalue weighted by Crippen LogP contribution is -2.63. The van der Waals surface area contributed by atoms with Crippen molar-refractivity contribution < 1.29 is 57.1 Å². The second-order valence-electron chi connectivity index (χ2n) is 11.0. The van der Waals surface area contributed by atoms with Crippen LogP contribution in [0.2, 0.25) is 0 Å². The van der Waals surface area contributed by atoms with Crippen molar-refractivity contribution >= 4 is 52.5 Å². The summed E-state index contributed by atoms with van der Waals surface area (Å²) in [4.78, 5) is 65.8. The number of carbonyl (C=O) groups excluding carboxylic acids is 5. The maximum atomic E-state index is 12.3. The normalized spacial score (nSPS) is 21.3. The van der Waals surface area contributed by atoms with E-state index in [-0.39, 0.29) is 12.4 Å². The Bertz CT molecular complexity index is 1700. The van der Waals surface area contributed by atoms with Crippen LogP contribution in [0.15, 0.2) is 91.2 Å². The first-order chi connectivity index (χ1) is 23.4. The first kappa shape index (κ1) is 35.8. The van der Waals surface area contributed by atoms with E-state index >= 15 is 0 Å². The van der Waals surface area contributed by atoms with Crippen LogP contribution in [0, 0.1) is 0 Å². The van der Waals surface area contributed by atoms with Crippen molar-refractivity contribution in [2.24, 2.45) is 0 Å². The Labute approximate surface area is 290 Å². The standard InChI is InChI=1S/C35H35O12S2/c1-19(36)41-17-24-16-25(49-30-12-8-6-10-28(30)48-29-11-7-9-13-31(29)49)14-15-26(24)46-35-34(45-23(5)40)33(44-22(4)39)32(43-21(3)38)27(47-35)18-42-20(2)37/h6-16,27,32-35H,17-18H2,1-5H3/q+1/t27?,32?,33?,34-,35?/m1/s1. The van der Waals surface area contributed by atoms with Crippen molar-refractivity contribution in [1.82, 2.24) is 0 Å². The summed E-state index contributed by atoms with van der Waals surface area (Å²) < 4.78 is 39.6. The van der Waals surface area contributed by atoms with Crippen LogP contribution in [0.25, 0.3) is 0 Å². The highest BCUT2D eigenvalue weighted by atomic mass is 32.2. The second kappa shape index (κ2) is 15.8. The van der Waals surface area contributed by atoms with Gasteiger partial charge in [-0.1, -0.05) is 36.0 Å². The van der Waals surface area contributed by atoms with Gasteiger partial charge < -0.3 is 33.2 Å². The second-order valence-corrected chi connectivity index (χ2v) is 14.1. The summed E-state index contributed by atoms with van der Waals surface area (Å²) in [5, 5.41) is 0. The number of carbonyl (C=O) groups is 5. The van der Waals surface area contributed by atoms with Crippen molar-refractivity contribution in [3.63, 3.8) is 0 Å². The maximum Gasteiger partial charge on any atom is 0.303 e. The predicted molar refractivity (Wildman–Crippen MR) is 174 cm³/mol. The molecule has 3 aromatic rings. The van der Waals surface area contributed by atoms with E-state index in [1.165, 1.54) is 13.8 Å². The zero-order chi connectivity index (χ0) is 35.2. The van der Waals surface area contributed by atoms with Crippen molar-refractivity contribution in [3.8, 4) is 5.75 Å². The van der Waals surface area contributed by atoms with Crippen LogP contribution >= 0.6 is 11.8 Å². The quantitative estimate of drug-likeness (QED) is 0.126. The molecule has 0 saturated carbocycles. The Kier molecular flexibility index (Phi) is 11.5. The maximum absolute atomic E-state index is 12.3. The van der Waals surface area contributed by atoms with E-state index in [1.807, 2.05) is 36.4 Å². The lowest BCUT2D eigenvalue weighted by Gasteiger charge is -2.44. The zero-order valence-electron chi connectivity index (χ0n) is 27.4. The first-order valence-corrected chi connectivity index (χ1v) is 17.3. The number of benzene rings is 3. The zero-order valence-corrected chi connectivity index (χ0v) is 29.0. The molecule has 5 rings (SSSR count). The van der Waals surface area contributed by atoms with Crippen LogP contribution in [0.3, 0.4) is 0 Å². The number of hydrogen-bond acceptors (Lipinski definition) is 13. The Balaban J connectivity index is 1.57. The van der Waals surface area contributed by atoms with Gasteiger partial charge in [0.2, 0.25) is 12.4 Å². The average molecular weight is 712 g/mol. The number of esters is 5. The van der Waals surface area contributed by atoms with Crippen LogP contribution in [-0.4, -0.2) is 67.2 Å². The number of fused-ring (bicyclic) bond motifs is 2. The fourth-order valence-electron chi connectivity index (χ4n) is 5.40. The largest absolute Gasteiger partial charge is 0.463 e. The van der Waals surface area contributed by atoms with Gasteiger partial charge in [0.25, 0.3) is 0 Å². The lowest BCUT2D eigenvalue weighted by molar-refractivity contribution is -0.288. The van der Waals surface area contributed by atoms with Gasteiger partial charge in [-0.15, -0.1) is 0 Å². The highest BCUT2D eigenvalue weighted by molar-refractivity contribution is 8.04. The summed E-state index contributed by atoms with van der Waals surface area (Å²) in [6, 6.07) is 21.8. The summed E-state index contributed by atoms with van der Waals surface area (Å²) >= 11 is 1.70. The minimum absolute atomic E-state index is 0.168. The molecule has 2 aliphatic heterocycles. The molecule has 0 aliphatic carbocycles. The van der Waals surface area contributed by atoms with Gasteiger partial charge in [0.05, 0.1) is 9.79 Å². The summed E-state index contributed by atoms with van der Waals surface area (Å²) in [7, 11) is -0.520. The molecule has 5 atom stereocenters. The smallest absolute Gasteiger partial charge is 0.303 e. The number of ether oxygens (including phenoxy) is 7. The fraction of sp³-hybridized carbons (Fsp3) is 0.343. The molecule has 14 heteroatoms. The van der Waals surface area contributed by atoms with E-state index in [0.29, 0.717) is 5.56 Å². The molecule has 0 radical (unpaired) electrons. The summed E-state index contributed by atoms with van der Waals surface area (Å²) in [6.07, 6.45) is -6.83.